The molecule has 1 aromatic carbocycles. The van der Waals surface area contributed by atoms with Crippen LogP contribution in [0.1, 0.15) is 23.1 Å². The molecule has 1 heterocycles. The Morgan fingerprint density at radius 1 is 1.24 bits per heavy atom. The van der Waals surface area contributed by atoms with Gasteiger partial charge >= 0.3 is 0 Å². The van der Waals surface area contributed by atoms with Crippen LogP contribution in [-0.2, 0) is 6.42 Å². The fraction of sp³-hybridized carbons (Fsp3) is 0.231. The minimum atomic E-state index is -0.209. The number of halogens is 2. The van der Waals surface area contributed by atoms with E-state index in [1.54, 1.807) is 12.1 Å². The third kappa shape index (κ3) is 3.03. The molecule has 0 aliphatic rings. The zero-order valence-corrected chi connectivity index (χ0v) is 10.9. The van der Waals surface area contributed by atoms with Gasteiger partial charge in [-0.25, -0.2) is 0 Å². The Kier molecular flexibility index (Phi) is 3.77. The summed E-state index contributed by atoms with van der Waals surface area (Å²) in [5.74, 6) is 1.62. The number of aryl methyl sites for hydroxylation is 1. The molecule has 0 radical (unpaired) electrons. The quantitative estimate of drug-likeness (QED) is 0.910. The lowest BCUT2D eigenvalue weighted by Crippen LogP contribution is -2.12. The summed E-state index contributed by atoms with van der Waals surface area (Å²) in [5.41, 5.74) is 7.00. The fourth-order valence-electron chi connectivity index (χ4n) is 1.69. The lowest BCUT2D eigenvalue weighted by atomic mass is 10.0. The van der Waals surface area contributed by atoms with Crippen LogP contribution in [0.5, 0.6) is 0 Å². The van der Waals surface area contributed by atoms with Crippen LogP contribution >= 0.6 is 23.2 Å². The lowest BCUT2D eigenvalue weighted by molar-refractivity contribution is 0.445. The molecule has 0 fully saturated rings. The Labute approximate surface area is 110 Å². The Morgan fingerprint density at radius 3 is 2.65 bits per heavy atom. The maximum Gasteiger partial charge on any atom is 0.121 e. The molecule has 1 atom stereocenters. The highest BCUT2D eigenvalue weighted by Gasteiger charge is 2.13. The molecule has 1 unspecified atom stereocenters. The summed E-state index contributed by atoms with van der Waals surface area (Å²) >= 11 is 12.0. The molecule has 2 nitrogen and oxygen atoms in total. The maximum atomic E-state index is 6.09. The smallest absolute Gasteiger partial charge is 0.121 e. The Bertz CT molecular complexity index is 522. The number of benzene rings is 1. The summed E-state index contributed by atoms with van der Waals surface area (Å²) in [6.45, 7) is 1.89. The molecule has 0 aliphatic carbocycles. The highest BCUT2D eigenvalue weighted by molar-refractivity contribution is 6.33. The first kappa shape index (κ1) is 12.5. The molecule has 2 N–H and O–H groups in total. The van der Waals surface area contributed by atoms with E-state index in [-0.39, 0.29) is 6.04 Å². The average molecular weight is 270 g/mol. The van der Waals surface area contributed by atoms with Gasteiger partial charge in [-0.05, 0) is 49.2 Å². The summed E-state index contributed by atoms with van der Waals surface area (Å²) < 4.78 is 5.49. The van der Waals surface area contributed by atoms with Crippen LogP contribution in [0.3, 0.4) is 0 Å². The third-order valence-corrected chi connectivity index (χ3v) is 3.18. The van der Waals surface area contributed by atoms with Gasteiger partial charge in [0.15, 0.2) is 0 Å². The summed E-state index contributed by atoms with van der Waals surface area (Å²) in [7, 11) is 0. The monoisotopic (exact) mass is 269 g/mol. The first-order valence-corrected chi connectivity index (χ1v) is 6.07. The number of furan rings is 1. The number of nitrogens with two attached hydrogens (primary N) is 1. The second-order valence-electron chi connectivity index (χ2n) is 3.99. The second-order valence-corrected chi connectivity index (χ2v) is 4.84. The van der Waals surface area contributed by atoms with Crippen molar-refractivity contribution in [3.05, 3.63) is 57.5 Å². The molecule has 0 aliphatic heterocycles. The van der Waals surface area contributed by atoms with Crippen molar-refractivity contribution < 1.29 is 4.42 Å². The van der Waals surface area contributed by atoms with Crippen LogP contribution in [0, 0.1) is 6.92 Å². The van der Waals surface area contributed by atoms with Gasteiger partial charge < -0.3 is 10.2 Å². The normalized spacial score (nSPS) is 12.7. The lowest BCUT2D eigenvalue weighted by Gasteiger charge is -2.10. The number of hydrogen-bond donors (Lipinski definition) is 1. The Morgan fingerprint density at radius 2 is 2.00 bits per heavy atom. The molecular formula is C13H13Cl2NO. The van der Waals surface area contributed by atoms with E-state index in [4.69, 9.17) is 33.4 Å². The Balaban J connectivity index is 2.18. The molecular weight excluding hydrogens is 257 g/mol. The average Bonchev–Trinajstić information content (AvgIpc) is 2.70. The maximum absolute atomic E-state index is 6.09. The van der Waals surface area contributed by atoms with Gasteiger partial charge in [-0.3, -0.25) is 0 Å². The zero-order chi connectivity index (χ0) is 12.4. The molecule has 2 aromatic rings. The van der Waals surface area contributed by atoms with E-state index < -0.39 is 0 Å². The summed E-state index contributed by atoms with van der Waals surface area (Å²) in [6.07, 6.45) is 0.604. The molecule has 4 heteroatoms. The van der Waals surface area contributed by atoms with Crippen LogP contribution < -0.4 is 5.73 Å². The molecule has 90 valence electrons. The minimum absolute atomic E-state index is 0.209. The van der Waals surface area contributed by atoms with Gasteiger partial charge in [0, 0.05) is 10.0 Å². The van der Waals surface area contributed by atoms with Crippen molar-refractivity contribution in [3.8, 4) is 0 Å². The van der Waals surface area contributed by atoms with Gasteiger partial charge in [0.05, 0.1) is 6.04 Å². The van der Waals surface area contributed by atoms with Gasteiger partial charge in [0.2, 0.25) is 0 Å². The van der Waals surface area contributed by atoms with E-state index in [1.165, 1.54) is 0 Å². The molecule has 0 saturated heterocycles. The van der Waals surface area contributed by atoms with Crippen LogP contribution in [0.2, 0.25) is 10.0 Å². The van der Waals surface area contributed by atoms with Crippen LogP contribution in [-0.4, -0.2) is 0 Å². The van der Waals surface area contributed by atoms with Gasteiger partial charge in [-0.15, -0.1) is 0 Å². The highest BCUT2D eigenvalue weighted by Crippen LogP contribution is 2.25. The first-order chi connectivity index (χ1) is 8.06. The Hall–Kier alpha value is -0.960. The largest absolute Gasteiger partial charge is 0.465 e. The van der Waals surface area contributed by atoms with Crippen molar-refractivity contribution >= 4 is 23.2 Å². The predicted octanol–water partition coefficient (Wildman–Crippen LogP) is 4.14. The fourth-order valence-corrected chi connectivity index (χ4v) is 2.08. The van der Waals surface area contributed by atoms with Crippen molar-refractivity contribution in [2.24, 2.45) is 5.73 Å². The van der Waals surface area contributed by atoms with Crippen molar-refractivity contribution in [1.29, 1.82) is 0 Å². The molecule has 0 spiro atoms. The van der Waals surface area contributed by atoms with Gasteiger partial charge in [-0.2, -0.15) is 0 Å². The van der Waals surface area contributed by atoms with E-state index in [2.05, 4.69) is 0 Å². The first-order valence-electron chi connectivity index (χ1n) is 5.32. The summed E-state index contributed by atoms with van der Waals surface area (Å²) in [5, 5.41) is 1.33. The van der Waals surface area contributed by atoms with Crippen LogP contribution in [0.25, 0.3) is 0 Å². The third-order valence-electron chi connectivity index (χ3n) is 2.57. The van der Waals surface area contributed by atoms with Crippen molar-refractivity contribution in [3.63, 3.8) is 0 Å². The van der Waals surface area contributed by atoms with Gasteiger partial charge in [0.1, 0.15) is 11.5 Å². The van der Waals surface area contributed by atoms with Crippen LogP contribution in [0.4, 0.5) is 0 Å². The molecule has 0 amide bonds. The van der Waals surface area contributed by atoms with E-state index in [0.717, 1.165) is 17.1 Å². The van der Waals surface area contributed by atoms with Crippen molar-refractivity contribution in [2.45, 2.75) is 19.4 Å². The van der Waals surface area contributed by atoms with E-state index in [1.807, 2.05) is 25.1 Å². The zero-order valence-electron chi connectivity index (χ0n) is 9.41. The van der Waals surface area contributed by atoms with E-state index in [0.29, 0.717) is 16.5 Å². The second kappa shape index (κ2) is 5.13. The van der Waals surface area contributed by atoms with E-state index >= 15 is 0 Å². The summed E-state index contributed by atoms with van der Waals surface area (Å²) in [4.78, 5) is 0. The SMILES string of the molecule is Cc1ccc(C(N)Cc2cc(Cl)ccc2Cl)o1. The molecule has 17 heavy (non-hydrogen) atoms. The van der Waals surface area contributed by atoms with E-state index in [9.17, 15) is 0 Å². The topological polar surface area (TPSA) is 39.2 Å². The van der Waals surface area contributed by atoms with Gasteiger partial charge in [0.25, 0.3) is 0 Å². The molecule has 0 bridgehead atoms. The molecule has 2 rings (SSSR count). The summed E-state index contributed by atoms with van der Waals surface area (Å²) in [6, 6.07) is 8.95. The molecule has 0 saturated carbocycles. The van der Waals surface area contributed by atoms with Gasteiger partial charge in [-0.1, -0.05) is 23.2 Å². The standard InChI is InChI=1S/C13H13Cl2NO/c1-8-2-5-13(17-8)12(16)7-9-6-10(14)3-4-11(9)15/h2-6,12H,7,16H2,1H3. The van der Waals surface area contributed by atoms with Crippen molar-refractivity contribution in [2.75, 3.05) is 0 Å². The molecule has 1 aromatic heterocycles. The van der Waals surface area contributed by atoms with Crippen LogP contribution in [0.15, 0.2) is 34.7 Å². The highest BCUT2D eigenvalue weighted by atomic mass is 35.5. The van der Waals surface area contributed by atoms with Crippen molar-refractivity contribution in [1.82, 2.24) is 0 Å². The minimum Gasteiger partial charge on any atom is -0.465 e. The predicted molar refractivity (Wildman–Crippen MR) is 70.5 cm³/mol. The number of hydrogen-bond acceptors (Lipinski definition) is 2. The number of rotatable bonds is 3.